The van der Waals surface area contributed by atoms with Gasteiger partial charge in [-0.25, -0.2) is 0 Å². The molecule has 0 aromatic carbocycles. The molecule has 2 atom stereocenters. The monoisotopic (exact) mass is 318 g/mol. The van der Waals surface area contributed by atoms with Gasteiger partial charge in [0, 0.05) is 0 Å². The molecule has 1 saturated heterocycles. The van der Waals surface area contributed by atoms with Gasteiger partial charge in [0.15, 0.2) is 0 Å². The molecule has 1 aliphatic rings. The zero-order valence-electron chi connectivity index (χ0n) is 11.5. The molecule has 88 valence electrons. The van der Waals surface area contributed by atoms with Crippen molar-refractivity contribution in [2.45, 2.75) is 78.6 Å². The molecule has 2 radical (unpaired) electrons. The molecule has 0 bridgehead atoms. The Morgan fingerprint density at radius 3 is 1.13 bits per heavy atom. The van der Waals surface area contributed by atoms with E-state index in [4.69, 9.17) is 0 Å². The maximum atomic E-state index is 2.77. The fourth-order valence-corrected chi connectivity index (χ4v) is 6.90. The molecule has 0 aromatic rings. The van der Waals surface area contributed by atoms with Crippen molar-refractivity contribution in [2.24, 2.45) is 0 Å². The first-order chi connectivity index (χ1) is 6.55. The van der Waals surface area contributed by atoms with Crippen LogP contribution in [0.3, 0.4) is 0 Å². The van der Waals surface area contributed by atoms with Gasteiger partial charge in [0.25, 0.3) is 0 Å². The van der Waals surface area contributed by atoms with Crippen LogP contribution in [0.4, 0.5) is 0 Å². The second-order valence-electron chi connectivity index (χ2n) is 6.66. The summed E-state index contributed by atoms with van der Waals surface area (Å²) in [6, 6.07) is 1.44. The first kappa shape index (κ1) is 13.8. The van der Waals surface area contributed by atoms with Gasteiger partial charge in [0.05, 0.1) is 0 Å². The Hall–Kier alpha value is 0.719. The van der Waals surface area contributed by atoms with Gasteiger partial charge in [-0.1, -0.05) is 0 Å². The molecule has 0 saturated carbocycles. The second-order valence-corrected chi connectivity index (χ2v) is 9.98. The van der Waals surface area contributed by atoms with Crippen molar-refractivity contribution in [3.05, 3.63) is 0 Å². The van der Waals surface area contributed by atoms with E-state index in [1.54, 1.807) is 0 Å². The van der Waals surface area contributed by atoms with Crippen molar-refractivity contribution in [2.75, 3.05) is 0 Å². The Balaban J connectivity index is 2.86. The van der Waals surface area contributed by atoms with Gasteiger partial charge in [-0.3, -0.25) is 0 Å². The Morgan fingerprint density at radius 2 is 1.00 bits per heavy atom. The SMILES string of the molecule is CC1C(C)[N](C(C)(C)C)[Sn][N]1C(C)(C)C. The molecule has 0 amide bonds. The van der Waals surface area contributed by atoms with Crippen LogP contribution >= 0.6 is 0 Å². The van der Waals surface area contributed by atoms with Crippen molar-refractivity contribution < 1.29 is 0 Å². The van der Waals surface area contributed by atoms with Crippen molar-refractivity contribution in [1.82, 2.24) is 6.24 Å². The van der Waals surface area contributed by atoms with Crippen LogP contribution in [0.15, 0.2) is 0 Å². The van der Waals surface area contributed by atoms with E-state index in [2.05, 4.69) is 61.6 Å². The fraction of sp³-hybridized carbons (Fsp3) is 1.00. The van der Waals surface area contributed by atoms with Crippen molar-refractivity contribution in [3.8, 4) is 0 Å². The van der Waals surface area contributed by atoms with E-state index in [0.717, 1.165) is 12.1 Å². The quantitative estimate of drug-likeness (QED) is 0.634. The van der Waals surface area contributed by atoms with Gasteiger partial charge < -0.3 is 0 Å². The van der Waals surface area contributed by atoms with Gasteiger partial charge in [0.2, 0.25) is 0 Å². The third kappa shape index (κ3) is 2.89. The van der Waals surface area contributed by atoms with Gasteiger partial charge in [-0.15, -0.1) is 0 Å². The summed E-state index contributed by atoms with van der Waals surface area (Å²) in [5, 5.41) is 0. The van der Waals surface area contributed by atoms with Crippen LogP contribution in [-0.4, -0.2) is 51.1 Å². The average Bonchev–Trinajstić information content (AvgIpc) is 2.26. The average molecular weight is 317 g/mol. The van der Waals surface area contributed by atoms with E-state index >= 15 is 0 Å². The summed E-state index contributed by atoms with van der Waals surface area (Å²) in [7, 11) is 0. The molecule has 15 heavy (non-hydrogen) atoms. The summed E-state index contributed by atoms with van der Waals surface area (Å²) in [5.74, 6) is 0. The van der Waals surface area contributed by atoms with E-state index in [1.165, 1.54) is 0 Å². The second kappa shape index (κ2) is 4.19. The summed E-state index contributed by atoms with van der Waals surface area (Å²) in [6.07, 6.45) is 0. The van der Waals surface area contributed by atoms with Crippen LogP contribution < -0.4 is 0 Å². The summed E-state index contributed by atoms with van der Waals surface area (Å²) in [5.41, 5.74) is 0.694. The van der Waals surface area contributed by atoms with E-state index in [9.17, 15) is 0 Å². The molecule has 0 N–H and O–H groups in total. The summed E-state index contributed by atoms with van der Waals surface area (Å²) < 4.78 is 5.54. The molecule has 0 aliphatic carbocycles. The Kier molecular flexibility index (Phi) is 3.85. The number of hydrogen-bond donors (Lipinski definition) is 0. The molecular weight excluding hydrogens is 291 g/mol. The van der Waals surface area contributed by atoms with E-state index < -0.39 is 21.7 Å². The zero-order valence-corrected chi connectivity index (χ0v) is 14.4. The van der Waals surface area contributed by atoms with Gasteiger partial charge in [-0.2, -0.15) is 0 Å². The minimum absolute atomic E-state index is 0.347. The first-order valence-electron chi connectivity index (χ1n) is 5.90. The van der Waals surface area contributed by atoms with E-state index in [-0.39, 0.29) is 0 Å². The van der Waals surface area contributed by atoms with Crippen LogP contribution in [0.2, 0.25) is 0 Å². The fourth-order valence-electron chi connectivity index (χ4n) is 2.25. The number of hydrogen-bond acceptors (Lipinski definition) is 2. The van der Waals surface area contributed by atoms with Crippen LogP contribution in [0, 0.1) is 0 Å². The molecule has 2 unspecified atom stereocenters. The molecular formula is C12H26N2Sn. The molecule has 1 aliphatic heterocycles. The van der Waals surface area contributed by atoms with Crippen molar-refractivity contribution >= 4 is 21.7 Å². The number of nitrogens with zero attached hydrogens (tertiary/aromatic N) is 2. The Labute approximate surface area is 106 Å². The van der Waals surface area contributed by atoms with Crippen LogP contribution in [0.5, 0.6) is 0 Å². The Morgan fingerprint density at radius 1 is 0.733 bits per heavy atom. The Bertz CT molecular complexity index is 203. The molecule has 2 nitrogen and oxygen atoms in total. The minimum atomic E-state index is -0.570. The van der Waals surface area contributed by atoms with E-state index in [0.29, 0.717) is 11.1 Å². The van der Waals surface area contributed by atoms with E-state index in [1.807, 2.05) is 0 Å². The standard InChI is InChI=1S/C12H26N2.Sn/c1-9(13-11(3,4)5)10(2)14-12(6,7)8;/h9-10H,1-8H3;/q-2;+2. The molecule has 3 heteroatoms. The molecule has 0 spiro atoms. The summed E-state index contributed by atoms with van der Waals surface area (Å²) >= 11 is -0.570. The predicted molar refractivity (Wildman–Crippen MR) is 67.9 cm³/mol. The van der Waals surface area contributed by atoms with Crippen molar-refractivity contribution in [1.29, 1.82) is 0 Å². The van der Waals surface area contributed by atoms with Crippen LogP contribution in [0.25, 0.3) is 0 Å². The zero-order chi connectivity index (χ0) is 12.0. The number of rotatable bonds is 0. The van der Waals surface area contributed by atoms with Crippen molar-refractivity contribution in [3.63, 3.8) is 0 Å². The normalized spacial score (nSPS) is 31.2. The topological polar surface area (TPSA) is 6.48 Å². The van der Waals surface area contributed by atoms with Crippen LogP contribution in [-0.2, 0) is 0 Å². The summed E-state index contributed by atoms with van der Waals surface area (Å²) in [4.78, 5) is 0. The predicted octanol–water partition coefficient (Wildman–Crippen LogP) is 2.51. The molecule has 0 aromatic heterocycles. The molecule has 1 heterocycles. The summed E-state index contributed by atoms with van der Waals surface area (Å²) in [6.45, 7) is 18.9. The molecule has 1 fully saturated rings. The molecule has 1 rings (SSSR count). The van der Waals surface area contributed by atoms with Gasteiger partial charge in [-0.05, 0) is 0 Å². The maximum absolute atomic E-state index is 2.77. The van der Waals surface area contributed by atoms with Gasteiger partial charge >= 0.3 is 106 Å². The first-order valence-corrected chi connectivity index (χ1v) is 8.45. The third-order valence-electron chi connectivity index (χ3n) is 3.17. The van der Waals surface area contributed by atoms with Crippen LogP contribution in [0.1, 0.15) is 55.4 Å². The third-order valence-corrected chi connectivity index (χ3v) is 10.6. The van der Waals surface area contributed by atoms with Gasteiger partial charge in [0.1, 0.15) is 0 Å².